The molecule has 0 radical (unpaired) electrons. The molecule has 0 aromatic heterocycles. The van der Waals surface area contributed by atoms with E-state index in [1.54, 1.807) is 0 Å². The van der Waals surface area contributed by atoms with E-state index in [2.05, 4.69) is 99.8 Å². The monoisotopic (exact) mass is 947 g/mol. The normalized spacial score (nSPS) is 12.8. The molecule has 392 valence electrons. The van der Waals surface area contributed by atoms with E-state index in [-0.39, 0.29) is 25.2 Å². The molecule has 1 atom stereocenters. The molecule has 0 bridgehead atoms. The van der Waals surface area contributed by atoms with Gasteiger partial charge in [-0.1, -0.05) is 266 Å². The number of carbonyl (C=O) groups excluding carboxylic acids is 2. The van der Waals surface area contributed by atoms with E-state index in [4.69, 9.17) is 14.2 Å². The first-order valence-corrected chi connectivity index (χ1v) is 29.1. The summed E-state index contributed by atoms with van der Waals surface area (Å²) in [6.45, 7) is 7.66. The van der Waals surface area contributed by atoms with Crippen LogP contribution in [0.25, 0.3) is 0 Å². The van der Waals surface area contributed by atoms with Crippen LogP contribution < -0.4 is 0 Å². The largest absolute Gasteiger partial charge is 0.462 e. The highest BCUT2D eigenvalue weighted by atomic mass is 16.6. The zero-order chi connectivity index (χ0) is 49.2. The Morgan fingerprint density at radius 1 is 0.338 bits per heavy atom. The SMILES string of the molecule is CC/C=C\C/C=C\C/C=C\C/C=C\C/C=C\C/C=C\CCC(=O)OC[C@@H](COCCCCCCCCCCCCCCCCCC)OC(=O)CCCCCCCCC/C=C\CCCCCCCC. The molecule has 5 heteroatoms. The van der Waals surface area contributed by atoms with Gasteiger partial charge in [-0.25, -0.2) is 0 Å². The lowest BCUT2D eigenvalue weighted by Gasteiger charge is -2.18. The minimum Gasteiger partial charge on any atom is -0.462 e. The number of unbranched alkanes of at least 4 members (excludes halogenated alkanes) is 28. The van der Waals surface area contributed by atoms with Crippen molar-refractivity contribution in [1.82, 2.24) is 0 Å². The number of rotatable bonds is 53. The number of hydrogen-bond donors (Lipinski definition) is 0. The Morgan fingerprint density at radius 3 is 1.12 bits per heavy atom. The summed E-state index contributed by atoms with van der Waals surface area (Å²) in [5.41, 5.74) is 0. The minimum atomic E-state index is -0.571. The molecule has 0 heterocycles. The van der Waals surface area contributed by atoms with E-state index in [1.807, 2.05) is 6.08 Å². The summed E-state index contributed by atoms with van der Waals surface area (Å²) in [7, 11) is 0. The lowest BCUT2D eigenvalue weighted by Crippen LogP contribution is -2.30. The highest BCUT2D eigenvalue weighted by Gasteiger charge is 2.17. The molecule has 0 aliphatic heterocycles. The summed E-state index contributed by atoms with van der Waals surface area (Å²) in [5, 5.41) is 0. The van der Waals surface area contributed by atoms with Crippen LogP contribution >= 0.6 is 0 Å². The lowest BCUT2D eigenvalue weighted by molar-refractivity contribution is -0.162. The average molecular weight is 948 g/mol. The van der Waals surface area contributed by atoms with Crippen molar-refractivity contribution < 1.29 is 23.8 Å². The molecular weight excluding hydrogens is 837 g/mol. The Hall–Kier alpha value is -2.92. The molecule has 0 fully saturated rings. The average Bonchev–Trinajstić information content (AvgIpc) is 3.34. The predicted octanol–water partition coefficient (Wildman–Crippen LogP) is 20.0. The molecule has 0 unspecified atom stereocenters. The number of ether oxygens (including phenoxy) is 3. The fourth-order valence-corrected chi connectivity index (χ4v) is 8.12. The molecule has 0 aromatic carbocycles. The van der Waals surface area contributed by atoms with Crippen LogP contribution in [-0.4, -0.2) is 37.9 Å². The van der Waals surface area contributed by atoms with Gasteiger partial charge < -0.3 is 14.2 Å². The summed E-state index contributed by atoms with van der Waals surface area (Å²) in [6.07, 6.45) is 77.6. The summed E-state index contributed by atoms with van der Waals surface area (Å²) in [5.74, 6) is -0.490. The molecule has 5 nitrogen and oxygen atoms in total. The molecule has 68 heavy (non-hydrogen) atoms. The van der Waals surface area contributed by atoms with Crippen LogP contribution in [0.3, 0.4) is 0 Å². The van der Waals surface area contributed by atoms with Crippen molar-refractivity contribution in [2.24, 2.45) is 0 Å². The number of hydrogen-bond acceptors (Lipinski definition) is 5. The fourth-order valence-electron chi connectivity index (χ4n) is 8.12. The first kappa shape index (κ1) is 65.1. The summed E-state index contributed by atoms with van der Waals surface area (Å²) >= 11 is 0. The Kier molecular flexibility index (Phi) is 55.9. The van der Waals surface area contributed by atoms with Crippen molar-refractivity contribution in [1.29, 1.82) is 0 Å². The van der Waals surface area contributed by atoms with Crippen molar-refractivity contribution >= 4 is 11.9 Å². The van der Waals surface area contributed by atoms with Gasteiger partial charge in [-0.15, -0.1) is 0 Å². The molecule has 0 rings (SSSR count). The van der Waals surface area contributed by atoms with Crippen LogP contribution in [-0.2, 0) is 23.8 Å². The van der Waals surface area contributed by atoms with E-state index in [0.717, 1.165) is 70.6 Å². The topological polar surface area (TPSA) is 61.8 Å². The molecule has 0 saturated heterocycles. The maximum absolute atomic E-state index is 12.9. The van der Waals surface area contributed by atoms with Crippen molar-refractivity contribution in [2.75, 3.05) is 19.8 Å². The molecule has 0 aromatic rings. The van der Waals surface area contributed by atoms with Crippen LogP contribution in [0.15, 0.2) is 85.1 Å². The van der Waals surface area contributed by atoms with Crippen LogP contribution in [0.1, 0.15) is 278 Å². The van der Waals surface area contributed by atoms with E-state index in [1.165, 1.54) is 167 Å². The third-order valence-electron chi connectivity index (χ3n) is 12.4. The quantitative estimate of drug-likeness (QED) is 0.0345. The second kappa shape index (κ2) is 58.4. The summed E-state index contributed by atoms with van der Waals surface area (Å²) in [6, 6.07) is 0. The van der Waals surface area contributed by atoms with Gasteiger partial charge in [0.2, 0.25) is 0 Å². The minimum absolute atomic E-state index is 0.0432. The first-order chi connectivity index (χ1) is 33.6. The van der Waals surface area contributed by atoms with Gasteiger partial charge in [-0.2, -0.15) is 0 Å². The molecule has 0 N–H and O–H groups in total. The molecular formula is C63H110O5. The van der Waals surface area contributed by atoms with Crippen molar-refractivity contribution in [3.63, 3.8) is 0 Å². The Labute approximate surface area is 422 Å². The van der Waals surface area contributed by atoms with Crippen molar-refractivity contribution in [3.8, 4) is 0 Å². The van der Waals surface area contributed by atoms with E-state index in [0.29, 0.717) is 25.9 Å². The third-order valence-corrected chi connectivity index (χ3v) is 12.4. The second-order valence-corrected chi connectivity index (χ2v) is 19.2. The van der Waals surface area contributed by atoms with Gasteiger partial charge in [-0.05, 0) is 83.5 Å². The van der Waals surface area contributed by atoms with Gasteiger partial charge in [0.05, 0.1) is 6.61 Å². The van der Waals surface area contributed by atoms with E-state index < -0.39 is 6.10 Å². The van der Waals surface area contributed by atoms with Gasteiger partial charge in [0, 0.05) is 19.4 Å². The summed E-state index contributed by atoms with van der Waals surface area (Å²) in [4.78, 5) is 25.5. The molecule has 0 amide bonds. The first-order valence-electron chi connectivity index (χ1n) is 29.1. The maximum atomic E-state index is 12.9. The standard InChI is InChI=1S/C63H110O5/c1-4-7-10-13-16-19-22-25-28-31-32-34-35-38-41-44-47-50-53-56-62(64)67-60-61(59-66-58-55-52-49-46-43-40-37-30-27-24-21-18-15-12-9-6-3)68-63(65)57-54-51-48-45-42-39-36-33-29-26-23-20-17-14-11-8-5-2/h7,10,16,19,25-26,28-29,32,34,38,41,47,50,61H,4-6,8-9,11-15,17-18,20-24,27,30-31,33,35-37,39-40,42-46,48-49,51-60H2,1-3H3/b10-7-,19-16-,28-25-,29-26-,34-32-,41-38-,50-47-/t61-/m1/s1. The van der Waals surface area contributed by atoms with Gasteiger partial charge in [0.25, 0.3) is 0 Å². The summed E-state index contributed by atoms with van der Waals surface area (Å²) < 4.78 is 17.4. The van der Waals surface area contributed by atoms with Gasteiger partial charge >= 0.3 is 11.9 Å². The van der Waals surface area contributed by atoms with E-state index >= 15 is 0 Å². The predicted molar refractivity (Wildman–Crippen MR) is 297 cm³/mol. The maximum Gasteiger partial charge on any atom is 0.306 e. The zero-order valence-corrected chi connectivity index (χ0v) is 45.1. The highest BCUT2D eigenvalue weighted by molar-refractivity contribution is 5.70. The van der Waals surface area contributed by atoms with Crippen LogP contribution in [0.4, 0.5) is 0 Å². The molecule has 0 aliphatic rings. The number of esters is 2. The van der Waals surface area contributed by atoms with Crippen molar-refractivity contribution in [2.45, 2.75) is 284 Å². The number of allylic oxidation sites excluding steroid dienone is 14. The Morgan fingerprint density at radius 2 is 0.691 bits per heavy atom. The Balaban J connectivity index is 4.38. The molecule has 0 aliphatic carbocycles. The second-order valence-electron chi connectivity index (χ2n) is 19.2. The molecule has 0 saturated carbocycles. The smallest absolute Gasteiger partial charge is 0.306 e. The third kappa shape index (κ3) is 55.7. The van der Waals surface area contributed by atoms with Gasteiger partial charge in [0.15, 0.2) is 6.10 Å². The lowest BCUT2D eigenvalue weighted by atomic mass is 10.0. The highest BCUT2D eigenvalue weighted by Crippen LogP contribution is 2.15. The van der Waals surface area contributed by atoms with Crippen LogP contribution in [0.2, 0.25) is 0 Å². The number of carbonyl (C=O) groups is 2. The van der Waals surface area contributed by atoms with E-state index in [9.17, 15) is 9.59 Å². The van der Waals surface area contributed by atoms with Gasteiger partial charge in [-0.3, -0.25) is 9.59 Å². The van der Waals surface area contributed by atoms with Crippen LogP contribution in [0, 0.1) is 0 Å². The Bertz CT molecular complexity index is 1250. The zero-order valence-electron chi connectivity index (χ0n) is 45.1. The fraction of sp³-hybridized carbons (Fsp3) is 0.746. The van der Waals surface area contributed by atoms with Crippen LogP contribution in [0.5, 0.6) is 0 Å². The van der Waals surface area contributed by atoms with Gasteiger partial charge in [0.1, 0.15) is 6.61 Å². The molecule has 0 spiro atoms. The van der Waals surface area contributed by atoms with Crippen molar-refractivity contribution in [3.05, 3.63) is 85.1 Å².